The van der Waals surface area contributed by atoms with Crippen molar-refractivity contribution >= 4 is 6.04 Å². The van der Waals surface area contributed by atoms with E-state index in [1.807, 2.05) is 0 Å². The third-order valence-corrected chi connectivity index (χ3v) is 1.24. The van der Waals surface area contributed by atoms with Gasteiger partial charge in [-0.3, -0.25) is 4.79 Å². The van der Waals surface area contributed by atoms with Crippen LogP contribution in [0.4, 0.5) is 13.2 Å². The first-order chi connectivity index (χ1) is 5.10. The largest absolute Gasteiger partial charge is 0.357 e. The molecule has 0 saturated carbocycles. The van der Waals surface area contributed by atoms with Crippen molar-refractivity contribution in [2.75, 3.05) is 0 Å². The Bertz CT molecular complexity index is 217. The van der Waals surface area contributed by atoms with Crippen molar-refractivity contribution in [3.63, 3.8) is 0 Å². The summed E-state index contributed by atoms with van der Waals surface area (Å²) in [5.74, 6) is -7.88. The molecule has 70 valence electrons. The molecule has 0 fully saturated rings. The third kappa shape index (κ3) is 1.83. The molecule has 2 unspecified atom stereocenters. The van der Waals surface area contributed by atoms with E-state index in [-0.39, 0.29) is 6.92 Å². The molecular formula is C6H7F3O3. The van der Waals surface area contributed by atoms with Gasteiger partial charge in [-0.2, -0.15) is 4.39 Å². The Morgan fingerprint density at radius 3 is 1.83 bits per heavy atom. The second-order valence-electron chi connectivity index (χ2n) is 2.33. The summed E-state index contributed by atoms with van der Waals surface area (Å²) in [6.45, 7) is 2.67. The minimum atomic E-state index is -4.11. The highest BCUT2D eigenvalue weighted by molar-refractivity contribution is 5.88. The van der Waals surface area contributed by atoms with Crippen LogP contribution in [0.15, 0.2) is 12.2 Å². The highest BCUT2D eigenvalue weighted by Gasteiger charge is 2.52. The molecule has 0 aliphatic rings. The second kappa shape index (κ2) is 2.87. The maximum absolute atomic E-state index is 12.6. The Hall–Kier alpha value is -0.880. The van der Waals surface area contributed by atoms with Gasteiger partial charge < -0.3 is 10.2 Å². The molecule has 6 heteroatoms. The quantitative estimate of drug-likeness (QED) is 0.492. The van der Waals surface area contributed by atoms with E-state index in [0.29, 0.717) is 0 Å². The van der Waals surface area contributed by atoms with Crippen LogP contribution in [0, 0.1) is 0 Å². The molecule has 0 aliphatic carbocycles. The van der Waals surface area contributed by atoms with E-state index in [1.165, 1.54) is 0 Å². The van der Waals surface area contributed by atoms with Crippen LogP contribution in [0.2, 0.25) is 0 Å². The normalized spacial score (nSPS) is 20.8. The molecule has 0 radical (unpaired) electrons. The standard InChI is InChI=1S/C6H7F3O3/c1-3(4(7)10)6(9,12)5(2,8)11/h11-12H,1H2,2H3. The topological polar surface area (TPSA) is 57.5 Å². The third-order valence-electron chi connectivity index (χ3n) is 1.24. The predicted molar refractivity (Wildman–Crippen MR) is 33.0 cm³/mol. The van der Waals surface area contributed by atoms with Gasteiger partial charge in [0.1, 0.15) is 0 Å². The molecule has 0 aromatic heterocycles. The summed E-state index contributed by atoms with van der Waals surface area (Å²) in [6.07, 6.45) is 0. The van der Waals surface area contributed by atoms with E-state index < -0.39 is 23.3 Å². The Morgan fingerprint density at radius 2 is 1.75 bits per heavy atom. The molecule has 0 aromatic carbocycles. The number of alkyl halides is 2. The van der Waals surface area contributed by atoms with Gasteiger partial charge in [-0.15, -0.1) is 0 Å². The first-order valence-electron chi connectivity index (χ1n) is 2.82. The lowest BCUT2D eigenvalue weighted by Gasteiger charge is -2.26. The van der Waals surface area contributed by atoms with Crippen molar-refractivity contribution in [2.45, 2.75) is 18.6 Å². The molecule has 12 heavy (non-hydrogen) atoms. The molecule has 0 heterocycles. The summed E-state index contributed by atoms with van der Waals surface area (Å²) >= 11 is 0. The van der Waals surface area contributed by atoms with Gasteiger partial charge in [0.15, 0.2) is 0 Å². The van der Waals surface area contributed by atoms with E-state index in [1.54, 1.807) is 0 Å². The molecule has 0 aliphatic heterocycles. The van der Waals surface area contributed by atoms with Crippen LogP contribution in [-0.2, 0) is 4.79 Å². The first-order valence-corrected chi connectivity index (χ1v) is 2.82. The highest BCUT2D eigenvalue weighted by atomic mass is 19.2. The molecular weight excluding hydrogens is 177 g/mol. The molecule has 3 nitrogen and oxygen atoms in total. The number of rotatable bonds is 3. The number of aliphatic hydroxyl groups is 2. The summed E-state index contributed by atoms with van der Waals surface area (Å²) in [7, 11) is 0. The molecule has 0 saturated heterocycles. The maximum atomic E-state index is 12.6. The van der Waals surface area contributed by atoms with Crippen molar-refractivity contribution in [3.05, 3.63) is 12.2 Å². The minimum Gasteiger partial charge on any atom is -0.357 e. The molecule has 0 aromatic rings. The van der Waals surface area contributed by atoms with E-state index in [9.17, 15) is 18.0 Å². The van der Waals surface area contributed by atoms with Gasteiger partial charge in [-0.05, 0) is 0 Å². The Morgan fingerprint density at radius 1 is 1.42 bits per heavy atom. The van der Waals surface area contributed by atoms with E-state index >= 15 is 0 Å². The molecule has 0 amide bonds. The van der Waals surface area contributed by atoms with Crippen molar-refractivity contribution in [2.24, 2.45) is 0 Å². The monoisotopic (exact) mass is 184 g/mol. The zero-order chi connectivity index (χ0) is 10.2. The number of halogens is 3. The fourth-order valence-corrected chi connectivity index (χ4v) is 0.406. The zero-order valence-electron chi connectivity index (χ0n) is 6.14. The van der Waals surface area contributed by atoms with Gasteiger partial charge in [0.05, 0.1) is 5.57 Å². The molecule has 0 rings (SSSR count). The van der Waals surface area contributed by atoms with Crippen LogP contribution >= 0.6 is 0 Å². The van der Waals surface area contributed by atoms with Crippen molar-refractivity contribution in [1.29, 1.82) is 0 Å². The molecule has 2 atom stereocenters. The van der Waals surface area contributed by atoms with Crippen LogP contribution in [-0.4, -0.2) is 28.0 Å². The summed E-state index contributed by atoms with van der Waals surface area (Å²) < 4.78 is 36.6. The number of carbonyl (C=O) groups excluding carboxylic acids is 1. The lowest BCUT2D eigenvalue weighted by atomic mass is 10.0. The van der Waals surface area contributed by atoms with Crippen LogP contribution < -0.4 is 0 Å². The number of carbonyl (C=O) groups is 1. The molecule has 2 N–H and O–H groups in total. The Balaban J connectivity index is 4.87. The summed E-state index contributed by atoms with van der Waals surface area (Å²) in [6, 6.07) is -2.43. The van der Waals surface area contributed by atoms with Gasteiger partial charge in [0.25, 0.3) is 11.7 Å². The van der Waals surface area contributed by atoms with Crippen LogP contribution in [0.5, 0.6) is 0 Å². The lowest BCUT2D eigenvalue weighted by Crippen LogP contribution is -2.47. The zero-order valence-corrected chi connectivity index (χ0v) is 6.14. The molecule has 0 spiro atoms. The van der Waals surface area contributed by atoms with Crippen molar-refractivity contribution in [3.8, 4) is 0 Å². The maximum Gasteiger partial charge on any atom is 0.333 e. The molecule has 0 bridgehead atoms. The van der Waals surface area contributed by atoms with Gasteiger partial charge in [-0.1, -0.05) is 6.58 Å². The number of hydrogen-bond donors (Lipinski definition) is 2. The van der Waals surface area contributed by atoms with Crippen LogP contribution in [0.25, 0.3) is 0 Å². The van der Waals surface area contributed by atoms with E-state index in [2.05, 4.69) is 6.58 Å². The minimum absolute atomic E-state index is 0.223. The SMILES string of the molecule is C=C(C(=O)F)C(O)(F)C(C)(O)F. The summed E-state index contributed by atoms with van der Waals surface area (Å²) in [5, 5.41) is 16.7. The van der Waals surface area contributed by atoms with Crippen molar-refractivity contribution in [1.82, 2.24) is 0 Å². The Labute approximate surface area is 66.1 Å². The van der Waals surface area contributed by atoms with Crippen molar-refractivity contribution < 1.29 is 28.2 Å². The van der Waals surface area contributed by atoms with Gasteiger partial charge in [0.2, 0.25) is 0 Å². The first kappa shape index (κ1) is 11.1. The lowest BCUT2D eigenvalue weighted by molar-refractivity contribution is -0.258. The van der Waals surface area contributed by atoms with Gasteiger partial charge in [-0.25, -0.2) is 8.78 Å². The average molecular weight is 184 g/mol. The van der Waals surface area contributed by atoms with E-state index in [0.717, 1.165) is 0 Å². The predicted octanol–water partition coefficient (Wildman–Crippen LogP) is 0.375. The summed E-state index contributed by atoms with van der Waals surface area (Å²) in [5.41, 5.74) is -1.69. The summed E-state index contributed by atoms with van der Waals surface area (Å²) in [4.78, 5) is 9.79. The van der Waals surface area contributed by atoms with Gasteiger partial charge >= 0.3 is 6.04 Å². The number of hydrogen-bond acceptors (Lipinski definition) is 3. The van der Waals surface area contributed by atoms with E-state index in [4.69, 9.17) is 10.2 Å². The fourth-order valence-electron chi connectivity index (χ4n) is 0.406. The Kier molecular flexibility index (Phi) is 2.66. The highest BCUT2D eigenvalue weighted by Crippen LogP contribution is 2.32. The fraction of sp³-hybridized carbons (Fsp3) is 0.500. The van der Waals surface area contributed by atoms with Crippen LogP contribution in [0.1, 0.15) is 6.92 Å². The average Bonchev–Trinajstić information content (AvgIpc) is 1.83. The van der Waals surface area contributed by atoms with Crippen LogP contribution in [0.3, 0.4) is 0 Å². The smallest absolute Gasteiger partial charge is 0.333 e. The van der Waals surface area contributed by atoms with Gasteiger partial charge in [0, 0.05) is 6.92 Å². The second-order valence-corrected chi connectivity index (χ2v) is 2.33.